The molecule has 1 aliphatic heterocycles. The predicted octanol–water partition coefficient (Wildman–Crippen LogP) is 2.78. The summed E-state index contributed by atoms with van der Waals surface area (Å²) in [7, 11) is 0. The van der Waals surface area contributed by atoms with Crippen LogP contribution in [0.3, 0.4) is 0 Å². The van der Waals surface area contributed by atoms with E-state index in [1.54, 1.807) is 13.0 Å². The van der Waals surface area contributed by atoms with Crippen LogP contribution in [0.15, 0.2) is 18.2 Å². The second-order valence-electron chi connectivity index (χ2n) is 5.10. The maximum Gasteiger partial charge on any atom is 0.310 e. The van der Waals surface area contributed by atoms with Gasteiger partial charge in [0.05, 0.1) is 5.41 Å². The summed E-state index contributed by atoms with van der Waals surface area (Å²) in [4.78, 5) is 13.1. The second kappa shape index (κ2) is 4.86. The van der Waals surface area contributed by atoms with Crippen molar-refractivity contribution in [1.29, 1.82) is 0 Å². The molecule has 0 spiro atoms. The van der Waals surface area contributed by atoms with E-state index in [0.29, 0.717) is 31.1 Å². The van der Waals surface area contributed by atoms with Gasteiger partial charge in [0.25, 0.3) is 0 Å². The fourth-order valence-corrected chi connectivity index (χ4v) is 2.57. The van der Waals surface area contributed by atoms with Gasteiger partial charge in [-0.15, -0.1) is 0 Å². The van der Waals surface area contributed by atoms with Gasteiger partial charge in [-0.2, -0.15) is 0 Å². The summed E-state index contributed by atoms with van der Waals surface area (Å²) < 4.78 is 13.2. The highest BCUT2D eigenvalue weighted by Gasteiger charge is 2.40. The molecule has 1 N–H and O–H groups in total. The van der Waals surface area contributed by atoms with Crippen molar-refractivity contribution in [2.75, 3.05) is 13.1 Å². The van der Waals surface area contributed by atoms with Crippen LogP contribution >= 0.6 is 11.6 Å². The molecule has 0 aliphatic carbocycles. The fraction of sp³-hybridized carbons (Fsp3) is 0.462. The third-order valence-corrected chi connectivity index (χ3v) is 3.62. The first-order valence-corrected chi connectivity index (χ1v) is 6.18. The lowest BCUT2D eigenvalue weighted by Crippen LogP contribution is -2.31. The first-order chi connectivity index (χ1) is 8.39. The molecule has 1 aliphatic rings. The van der Waals surface area contributed by atoms with Crippen LogP contribution in [-0.4, -0.2) is 29.1 Å². The number of aliphatic carboxylic acids is 1. The summed E-state index contributed by atoms with van der Waals surface area (Å²) in [5.74, 6) is -1.14. The number of carboxylic acids is 1. The summed E-state index contributed by atoms with van der Waals surface area (Å²) in [5, 5.41) is 9.50. The van der Waals surface area contributed by atoms with E-state index in [0.717, 1.165) is 5.56 Å². The molecule has 1 saturated heterocycles. The van der Waals surface area contributed by atoms with E-state index in [9.17, 15) is 9.18 Å². The molecule has 0 bridgehead atoms. The molecule has 18 heavy (non-hydrogen) atoms. The van der Waals surface area contributed by atoms with Crippen LogP contribution in [0.1, 0.15) is 18.9 Å². The zero-order valence-corrected chi connectivity index (χ0v) is 10.9. The van der Waals surface area contributed by atoms with Gasteiger partial charge < -0.3 is 5.11 Å². The van der Waals surface area contributed by atoms with Crippen LogP contribution in [0.2, 0.25) is 5.02 Å². The Morgan fingerprint density at radius 3 is 2.83 bits per heavy atom. The molecule has 1 aromatic rings. The van der Waals surface area contributed by atoms with Gasteiger partial charge in [0.1, 0.15) is 5.82 Å². The Hall–Kier alpha value is -1.13. The van der Waals surface area contributed by atoms with E-state index in [1.807, 2.05) is 4.90 Å². The molecule has 1 atom stereocenters. The van der Waals surface area contributed by atoms with Crippen LogP contribution in [0, 0.1) is 11.2 Å². The first kappa shape index (κ1) is 13.3. The molecule has 0 radical (unpaired) electrons. The minimum absolute atomic E-state index is 0.363. The van der Waals surface area contributed by atoms with E-state index in [2.05, 4.69) is 0 Å². The highest BCUT2D eigenvalue weighted by Crippen LogP contribution is 2.31. The van der Waals surface area contributed by atoms with Gasteiger partial charge in [0.2, 0.25) is 0 Å². The van der Waals surface area contributed by atoms with E-state index in [-0.39, 0.29) is 5.82 Å². The fourth-order valence-electron chi connectivity index (χ4n) is 2.33. The summed E-state index contributed by atoms with van der Waals surface area (Å²) >= 11 is 5.79. The van der Waals surface area contributed by atoms with Crippen LogP contribution < -0.4 is 0 Å². The largest absolute Gasteiger partial charge is 0.481 e. The van der Waals surface area contributed by atoms with Gasteiger partial charge in [0.15, 0.2) is 0 Å². The molecule has 1 heterocycles. The highest BCUT2D eigenvalue weighted by molar-refractivity contribution is 6.30. The van der Waals surface area contributed by atoms with E-state index in [1.165, 1.54) is 12.1 Å². The Morgan fingerprint density at radius 2 is 2.28 bits per heavy atom. The van der Waals surface area contributed by atoms with Crippen molar-refractivity contribution in [3.05, 3.63) is 34.6 Å². The summed E-state index contributed by atoms with van der Waals surface area (Å²) in [6, 6.07) is 4.40. The Labute approximate surface area is 110 Å². The Balaban J connectivity index is 2.06. The molecule has 0 aromatic heterocycles. The standard InChI is InChI=1S/C13H15ClFNO2/c1-13(12(17)18)2-3-16(8-13)7-9-4-10(14)6-11(15)5-9/h4-6H,2-3,7-8H2,1H3,(H,17,18). The summed E-state index contributed by atoms with van der Waals surface area (Å²) in [6.07, 6.45) is 0.616. The maximum atomic E-state index is 13.2. The van der Waals surface area contributed by atoms with Gasteiger partial charge in [-0.05, 0) is 43.7 Å². The zero-order valence-electron chi connectivity index (χ0n) is 10.1. The number of rotatable bonds is 3. The van der Waals surface area contributed by atoms with E-state index >= 15 is 0 Å². The summed E-state index contributed by atoms with van der Waals surface area (Å²) in [6.45, 7) is 3.46. The quantitative estimate of drug-likeness (QED) is 0.919. The van der Waals surface area contributed by atoms with Crippen LogP contribution in [0.5, 0.6) is 0 Å². The predicted molar refractivity (Wildman–Crippen MR) is 67.0 cm³/mol. The SMILES string of the molecule is CC1(C(=O)O)CCN(Cc2cc(F)cc(Cl)c2)C1. The number of likely N-dealkylation sites (tertiary alicyclic amines) is 1. The third kappa shape index (κ3) is 2.82. The van der Waals surface area contributed by atoms with Gasteiger partial charge in [-0.3, -0.25) is 9.69 Å². The van der Waals surface area contributed by atoms with Crippen molar-refractivity contribution in [3.8, 4) is 0 Å². The number of hydrogen-bond donors (Lipinski definition) is 1. The number of hydrogen-bond acceptors (Lipinski definition) is 2. The lowest BCUT2D eigenvalue weighted by molar-refractivity contribution is -0.147. The lowest BCUT2D eigenvalue weighted by Gasteiger charge is -2.20. The molecule has 1 aromatic carbocycles. The first-order valence-electron chi connectivity index (χ1n) is 5.80. The van der Waals surface area contributed by atoms with Crippen LogP contribution in [0.4, 0.5) is 4.39 Å². The number of carboxylic acid groups (broad SMARTS) is 1. The lowest BCUT2D eigenvalue weighted by atomic mass is 9.90. The molecular formula is C13H15ClFNO2. The van der Waals surface area contributed by atoms with Gasteiger partial charge in [-0.25, -0.2) is 4.39 Å². The topological polar surface area (TPSA) is 40.5 Å². The van der Waals surface area contributed by atoms with Gasteiger partial charge >= 0.3 is 5.97 Å². The van der Waals surface area contributed by atoms with Crippen LogP contribution in [-0.2, 0) is 11.3 Å². The third-order valence-electron chi connectivity index (χ3n) is 3.40. The van der Waals surface area contributed by atoms with E-state index in [4.69, 9.17) is 16.7 Å². The van der Waals surface area contributed by atoms with Gasteiger partial charge in [-0.1, -0.05) is 11.6 Å². The highest BCUT2D eigenvalue weighted by atomic mass is 35.5. The molecule has 98 valence electrons. The molecule has 2 rings (SSSR count). The van der Waals surface area contributed by atoms with Crippen molar-refractivity contribution in [2.24, 2.45) is 5.41 Å². The Bertz CT molecular complexity index is 460. The minimum Gasteiger partial charge on any atom is -0.481 e. The van der Waals surface area contributed by atoms with Crippen molar-refractivity contribution < 1.29 is 14.3 Å². The molecule has 1 unspecified atom stereocenters. The van der Waals surface area contributed by atoms with Crippen LogP contribution in [0.25, 0.3) is 0 Å². The number of carbonyl (C=O) groups is 1. The number of halogens is 2. The molecule has 5 heteroatoms. The second-order valence-corrected chi connectivity index (χ2v) is 5.54. The Kier molecular flexibility index (Phi) is 3.59. The number of benzene rings is 1. The Morgan fingerprint density at radius 1 is 1.56 bits per heavy atom. The smallest absolute Gasteiger partial charge is 0.310 e. The molecule has 0 saturated carbocycles. The normalized spacial score (nSPS) is 24.4. The molecular weight excluding hydrogens is 257 g/mol. The monoisotopic (exact) mass is 271 g/mol. The van der Waals surface area contributed by atoms with E-state index < -0.39 is 11.4 Å². The van der Waals surface area contributed by atoms with Crippen molar-refractivity contribution in [3.63, 3.8) is 0 Å². The molecule has 3 nitrogen and oxygen atoms in total. The average molecular weight is 272 g/mol. The maximum absolute atomic E-state index is 13.2. The summed E-state index contributed by atoms with van der Waals surface area (Å²) in [5.41, 5.74) is 0.0755. The van der Waals surface area contributed by atoms with Gasteiger partial charge in [0, 0.05) is 18.1 Å². The molecule has 0 amide bonds. The van der Waals surface area contributed by atoms with Crippen molar-refractivity contribution in [2.45, 2.75) is 19.9 Å². The zero-order chi connectivity index (χ0) is 13.3. The minimum atomic E-state index is -0.776. The van der Waals surface area contributed by atoms with Crippen molar-refractivity contribution in [1.82, 2.24) is 4.90 Å². The number of nitrogens with zero attached hydrogens (tertiary/aromatic N) is 1. The van der Waals surface area contributed by atoms with Crippen molar-refractivity contribution >= 4 is 17.6 Å². The molecule has 1 fully saturated rings. The average Bonchev–Trinajstić information content (AvgIpc) is 2.60.